The highest BCUT2D eigenvalue weighted by Gasteiger charge is 2.46. The predicted octanol–water partition coefficient (Wildman–Crippen LogP) is 4.18. The first kappa shape index (κ1) is 20.7. The Morgan fingerprint density at radius 1 is 1.42 bits per heavy atom. The molecule has 1 fully saturated rings. The lowest BCUT2D eigenvalue weighted by atomic mass is 9.84. The molecule has 0 aromatic carbocycles. The van der Waals surface area contributed by atoms with Crippen molar-refractivity contribution in [1.29, 1.82) is 5.26 Å². The second kappa shape index (κ2) is 7.71. The number of hydrogen-bond donors (Lipinski definition) is 0. The Morgan fingerprint density at radius 3 is 2.42 bits per heavy atom. The van der Waals surface area contributed by atoms with E-state index >= 15 is 0 Å². The van der Waals surface area contributed by atoms with Gasteiger partial charge < -0.3 is 14.1 Å². The molecule has 0 radical (unpaired) electrons. The molecule has 0 aromatic heterocycles. The molecule has 1 rings (SSSR count). The number of rotatable bonds is 5. The van der Waals surface area contributed by atoms with Crippen LogP contribution in [0.3, 0.4) is 0 Å². The molecule has 136 valence electrons. The van der Waals surface area contributed by atoms with Crippen molar-refractivity contribution in [2.75, 3.05) is 20.3 Å². The van der Waals surface area contributed by atoms with Crippen LogP contribution in [0.25, 0.3) is 0 Å². The van der Waals surface area contributed by atoms with Crippen LogP contribution >= 0.6 is 0 Å². The zero-order valence-electron chi connectivity index (χ0n) is 16.2. The molecule has 0 saturated carbocycles. The van der Waals surface area contributed by atoms with Gasteiger partial charge in [0.25, 0.3) is 0 Å². The van der Waals surface area contributed by atoms with Crippen molar-refractivity contribution in [2.24, 2.45) is 11.8 Å². The molecular formula is C18H32N2O3Si. The standard InChI is InChI=1S/C18H32N2O3Si/c1-13(2)15-11-20(17(21)22-6)16(14(15)9-10-19)12-23-24(7,8)18(3,4)5/h14-16H,1,9,11-12H2,2-8H3/t14-,15+,16+/m0/s1. The summed E-state index contributed by atoms with van der Waals surface area (Å²) in [6.45, 7) is 18.0. The molecule has 0 aliphatic carbocycles. The van der Waals surface area contributed by atoms with Gasteiger partial charge in [0.1, 0.15) is 0 Å². The molecule has 24 heavy (non-hydrogen) atoms. The third kappa shape index (κ3) is 4.40. The molecule has 0 aromatic rings. The summed E-state index contributed by atoms with van der Waals surface area (Å²) in [5.74, 6) is 0.146. The van der Waals surface area contributed by atoms with Crippen molar-refractivity contribution in [2.45, 2.75) is 58.3 Å². The monoisotopic (exact) mass is 352 g/mol. The molecule has 0 spiro atoms. The number of nitriles is 1. The minimum absolute atomic E-state index is 0.0383. The van der Waals surface area contributed by atoms with E-state index in [9.17, 15) is 10.1 Å². The van der Waals surface area contributed by atoms with Gasteiger partial charge in [-0.15, -0.1) is 0 Å². The van der Waals surface area contributed by atoms with Crippen LogP contribution in [0.15, 0.2) is 12.2 Å². The highest BCUT2D eigenvalue weighted by atomic mass is 28.4. The Kier molecular flexibility index (Phi) is 6.65. The van der Waals surface area contributed by atoms with E-state index in [1.165, 1.54) is 7.11 Å². The lowest BCUT2D eigenvalue weighted by Gasteiger charge is -2.38. The van der Waals surface area contributed by atoms with Crippen molar-refractivity contribution in [3.8, 4) is 6.07 Å². The predicted molar refractivity (Wildman–Crippen MR) is 98.1 cm³/mol. The van der Waals surface area contributed by atoms with E-state index in [-0.39, 0.29) is 29.0 Å². The lowest BCUT2D eigenvalue weighted by molar-refractivity contribution is 0.0946. The Morgan fingerprint density at radius 2 is 2.00 bits per heavy atom. The Hall–Kier alpha value is -1.32. The quantitative estimate of drug-likeness (QED) is 0.550. The summed E-state index contributed by atoms with van der Waals surface area (Å²) in [5.41, 5.74) is 0.999. The van der Waals surface area contributed by atoms with E-state index in [2.05, 4.69) is 46.5 Å². The van der Waals surface area contributed by atoms with E-state index in [4.69, 9.17) is 9.16 Å². The number of amides is 1. The molecule has 1 aliphatic heterocycles. The van der Waals surface area contributed by atoms with Crippen LogP contribution in [-0.2, 0) is 9.16 Å². The largest absolute Gasteiger partial charge is 0.453 e. The van der Waals surface area contributed by atoms with Gasteiger partial charge in [0, 0.05) is 24.8 Å². The van der Waals surface area contributed by atoms with Gasteiger partial charge in [0.2, 0.25) is 0 Å². The van der Waals surface area contributed by atoms with Crippen molar-refractivity contribution in [1.82, 2.24) is 4.90 Å². The van der Waals surface area contributed by atoms with Gasteiger partial charge in [0.05, 0.1) is 25.8 Å². The molecule has 5 nitrogen and oxygen atoms in total. The third-order valence-corrected chi connectivity index (χ3v) is 10.1. The fourth-order valence-corrected chi connectivity index (χ4v) is 3.96. The second-order valence-corrected chi connectivity index (χ2v) is 13.0. The first-order valence-corrected chi connectivity index (χ1v) is 11.4. The minimum atomic E-state index is -1.93. The Balaban J connectivity index is 3.05. The Labute approximate surface area is 147 Å². The fourth-order valence-electron chi connectivity index (χ4n) is 2.94. The number of ether oxygens (including phenoxy) is 1. The number of carbonyl (C=O) groups is 1. The SMILES string of the molecule is C=C(C)[C@H]1CN(C(=O)OC)[C@H](CO[Si](C)(C)C(C)(C)C)[C@H]1CC#N. The molecule has 1 aliphatic rings. The highest BCUT2D eigenvalue weighted by molar-refractivity contribution is 6.74. The average molecular weight is 353 g/mol. The van der Waals surface area contributed by atoms with Crippen molar-refractivity contribution >= 4 is 14.4 Å². The van der Waals surface area contributed by atoms with Crippen LogP contribution in [0.1, 0.15) is 34.1 Å². The lowest BCUT2D eigenvalue weighted by Crippen LogP contribution is -2.47. The van der Waals surface area contributed by atoms with E-state index < -0.39 is 8.32 Å². The van der Waals surface area contributed by atoms with Crippen LogP contribution in [0, 0.1) is 23.2 Å². The van der Waals surface area contributed by atoms with Gasteiger partial charge >= 0.3 is 6.09 Å². The van der Waals surface area contributed by atoms with Crippen LogP contribution in [0.2, 0.25) is 18.1 Å². The van der Waals surface area contributed by atoms with Crippen molar-refractivity contribution in [3.05, 3.63) is 12.2 Å². The maximum absolute atomic E-state index is 12.2. The smallest absolute Gasteiger partial charge is 0.409 e. The van der Waals surface area contributed by atoms with Gasteiger partial charge in [-0.25, -0.2) is 4.79 Å². The van der Waals surface area contributed by atoms with Crippen LogP contribution in [-0.4, -0.2) is 45.6 Å². The molecule has 0 bridgehead atoms. The zero-order valence-corrected chi connectivity index (χ0v) is 17.2. The highest BCUT2D eigenvalue weighted by Crippen LogP contribution is 2.40. The van der Waals surface area contributed by atoms with Crippen molar-refractivity contribution < 1.29 is 14.0 Å². The first-order chi connectivity index (χ1) is 11.0. The van der Waals surface area contributed by atoms with Crippen LogP contribution in [0.4, 0.5) is 4.79 Å². The van der Waals surface area contributed by atoms with Crippen molar-refractivity contribution in [3.63, 3.8) is 0 Å². The molecule has 1 amide bonds. The molecular weight excluding hydrogens is 320 g/mol. The molecule has 1 heterocycles. The number of methoxy groups -OCH3 is 1. The topological polar surface area (TPSA) is 62.6 Å². The van der Waals surface area contributed by atoms with Gasteiger partial charge in [-0.3, -0.25) is 0 Å². The van der Waals surface area contributed by atoms with E-state index in [0.717, 1.165) is 5.57 Å². The molecule has 0 N–H and O–H groups in total. The van der Waals surface area contributed by atoms with Gasteiger partial charge in [-0.2, -0.15) is 5.26 Å². The molecule has 6 heteroatoms. The molecule has 1 saturated heterocycles. The van der Waals surface area contributed by atoms with E-state index in [0.29, 0.717) is 19.6 Å². The van der Waals surface area contributed by atoms with Gasteiger partial charge in [-0.1, -0.05) is 32.9 Å². The third-order valence-electron chi connectivity index (χ3n) is 5.59. The normalized spacial score (nSPS) is 24.6. The summed E-state index contributed by atoms with van der Waals surface area (Å²) in [6, 6.07) is 2.12. The Bertz CT molecular complexity index is 519. The molecule has 3 atom stereocenters. The van der Waals surface area contributed by atoms with E-state index in [1.54, 1.807) is 4.90 Å². The summed E-state index contributed by atoms with van der Waals surface area (Å²) in [5, 5.41) is 9.33. The number of carbonyl (C=O) groups excluding carboxylic acids is 1. The van der Waals surface area contributed by atoms with Crippen LogP contribution in [0.5, 0.6) is 0 Å². The van der Waals surface area contributed by atoms with Gasteiger partial charge in [0.15, 0.2) is 8.32 Å². The maximum Gasteiger partial charge on any atom is 0.409 e. The average Bonchev–Trinajstić information content (AvgIpc) is 2.82. The zero-order chi connectivity index (χ0) is 18.7. The number of likely N-dealkylation sites (tertiary alicyclic amines) is 1. The summed E-state index contributed by atoms with van der Waals surface area (Å²) < 4.78 is 11.3. The number of nitrogens with zero attached hydrogens (tertiary/aromatic N) is 2. The first-order valence-electron chi connectivity index (χ1n) is 8.47. The second-order valence-electron chi connectivity index (χ2n) is 8.24. The minimum Gasteiger partial charge on any atom is -0.453 e. The maximum atomic E-state index is 12.2. The van der Waals surface area contributed by atoms with Crippen LogP contribution < -0.4 is 0 Å². The summed E-state index contributed by atoms with van der Waals surface area (Å²) >= 11 is 0. The summed E-state index contributed by atoms with van der Waals surface area (Å²) in [4.78, 5) is 13.9. The summed E-state index contributed by atoms with van der Waals surface area (Å²) in [7, 11) is -0.543. The summed E-state index contributed by atoms with van der Waals surface area (Å²) in [6.07, 6.45) is 0.0295. The number of hydrogen-bond acceptors (Lipinski definition) is 4. The van der Waals surface area contributed by atoms with Gasteiger partial charge in [-0.05, 0) is 25.1 Å². The molecule has 0 unspecified atom stereocenters. The fraction of sp³-hybridized carbons (Fsp3) is 0.778. The van der Waals surface area contributed by atoms with E-state index in [1.807, 2.05) is 6.92 Å².